The van der Waals surface area contributed by atoms with Crippen LogP contribution in [0.1, 0.15) is 21.5 Å². The zero-order valence-corrected chi connectivity index (χ0v) is 19.6. The second-order valence-electron chi connectivity index (χ2n) is 7.71. The Labute approximate surface area is 205 Å². The summed E-state index contributed by atoms with van der Waals surface area (Å²) in [7, 11) is 0. The van der Waals surface area contributed by atoms with Gasteiger partial charge in [0.05, 0.1) is 10.7 Å². The van der Waals surface area contributed by atoms with Crippen LogP contribution in [0.25, 0.3) is 0 Å². The number of nitrogens with zero attached hydrogens (tertiary/aromatic N) is 1. The molecular formula is C25H18Cl2FN3O3. The van der Waals surface area contributed by atoms with Gasteiger partial charge in [0.2, 0.25) is 0 Å². The van der Waals surface area contributed by atoms with E-state index in [1.165, 1.54) is 18.2 Å². The third-order valence-corrected chi connectivity index (χ3v) is 5.83. The van der Waals surface area contributed by atoms with Crippen molar-refractivity contribution in [3.8, 4) is 0 Å². The average Bonchev–Trinajstić information content (AvgIpc) is 3.00. The lowest BCUT2D eigenvalue weighted by atomic mass is 10.1. The van der Waals surface area contributed by atoms with Crippen LogP contribution in [0, 0.1) is 19.7 Å². The standard InChI is InChI=1S/C25H18Cl2FN3O3/c1-13-6-9-20(14(2)10-13)31-24(33)21(27)22(25(31)34)29-16-5-3-4-15(11-16)23(32)30-17-7-8-19(28)18(26)12-17/h3-12,29H,1-2H3,(H,30,32). The van der Waals surface area contributed by atoms with E-state index in [2.05, 4.69) is 10.6 Å². The van der Waals surface area contributed by atoms with Gasteiger partial charge >= 0.3 is 0 Å². The molecule has 1 aliphatic heterocycles. The molecule has 0 aromatic heterocycles. The van der Waals surface area contributed by atoms with Crippen LogP contribution in [0.3, 0.4) is 0 Å². The number of nitrogens with one attached hydrogen (secondary N) is 2. The first kappa shape index (κ1) is 23.5. The maximum atomic E-state index is 13.3. The minimum Gasteiger partial charge on any atom is -0.350 e. The molecule has 1 aliphatic rings. The Kier molecular flexibility index (Phi) is 6.41. The van der Waals surface area contributed by atoms with Gasteiger partial charge in [-0.05, 0) is 61.9 Å². The Balaban J connectivity index is 1.55. The number of amides is 3. The molecule has 3 aromatic carbocycles. The highest BCUT2D eigenvalue weighted by molar-refractivity contribution is 6.53. The number of anilines is 3. The van der Waals surface area contributed by atoms with Gasteiger partial charge in [0.1, 0.15) is 16.5 Å². The van der Waals surface area contributed by atoms with E-state index < -0.39 is 23.5 Å². The van der Waals surface area contributed by atoms with E-state index in [1.807, 2.05) is 13.0 Å². The van der Waals surface area contributed by atoms with E-state index >= 15 is 0 Å². The van der Waals surface area contributed by atoms with Gasteiger partial charge < -0.3 is 10.6 Å². The Morgan fingerprint density at radius 2 is 1.68 bits per heavy atom. The molecular weight excluding hydrogens is 480 g/mol. The number of hydrogen-bond donors (Lipinski definition) is 2. The molecule has 0 unspecified atom stereocenters. The van der Waals surface area contributed by atoms with Gasteiger partial charge in [0.25, 0.3) is 17.7 Å². The summed E-state index contributed by atoms with van der Waals surface area (Å²) >= 11 is 12.0. The molecule has 3 aromatic rings. The van der Waals surface area contributed by atoms with Gasteiger partial charge in [-0.3, -0.25) is 14.4 Å². The molecule has 0 radical (unpaired) electrons. The zero-order valence-electron chi connectivity index (χ0n) is 18.1. The van der Waals surface area contributed by atoms with Crippen LogP contribution in [0.15, 0.2) is 71.4 Å². The zero-order chi connectivity index (χ0) is 24.6. The van der Waals surface area contributed by atoms with E-state index in [4.69, 9.17) is 23.2 Å². The summed E-state index contributed by atoms with van der Waals surface area (Å²) in [6.07, 6.45) is 0. The summed E-state index contributed by atoms with van der Waals surface area (Å²) in [6.45, 7) is 3.72. The molecule has 0 saturated heterocycles. The highest BCUT2D eigenvalue weighted by Crippen LogP contribution is 2.32. The molecule has 2 N–H and O–H groups in total. The number of hydrogen-bond acceptors (Lipinski definition) is 4. The normalized spacial score (nSPS) is 13.5. The van der Waals surface area contributed by atoms with Gasteiger partial charge in [-0.2, -0.15) is 0 Å². The molecule has 9 heteroatoms. The Morgan fingerprint density at radius 1 is 0.912 bits per heavy atom. The summed E-state index contributed by atoms with van der Waals surface area (Å²) in [4.78, 5) is 39.5. The number of imide groups is 1. The number of halogens is 3. The summed E-state index contributed by atoms with van der Waals surface area (Å²) in [6, 6.07) is 15.5. The topological polar surface area (TPSA) is 78.5 Å². The molecule has 0 fully saturated rings. The van der Waals surface area contributed by atoms with E-state index in [-0.39, 0.29) is 21.3 Å². The second kappa shape index (κ2) is 9.29. The molecule has 3 amide bonds. The Hall–Kier alpha value is -3.68. The largest absolute Gasteiger partial charge is 0.350 e. The van der Waals surface area contributed by atoms with Crippen LogP contribution < -0.4 is 15.5 Å². The molecule has 0 aliphatic carbocycles. The van der Waals surface area contributed by atoms with Crippen molar-refractivity contribution < 1.29 is 18.8 Å². The SMILES string of the molecule is Cc1ccc(N2C(=O)C(Cl)=C(Nc3cccc(C(=O)Nc4ccc(F)c(Cl)c4)c3)C2=O)c(C)c1. The van der Waals surface area contributed by atoms with Gasteiger partial charge in [0, 0.05) is 16.9 Å². The van der Waals surface area contributed by atoms with Crippen LogP contribution >= 0.6 is 23.2 Å². The summed E-state index contributed by atoms with van der Waals surface area (Å²) < 4.78 is 13.3. The highest BCUT2D eigenvalue weighted by Gasteiger charge is 2.39. The fourth-order valence-corrected chi connectivity index (χ4v) is 3.94. The number of rotatable bonds is 5. The lowest BCUT2D eigenvalue weighted by Crippen LogP contribution is -2.32. The minimum absolute atomic E-state index is 0.0884. The molecule has 6 nitrogen and oxygen atoms in total. The third-order valence-electron chi connectivity index (χ3n) is 5.19. The van der Waals surface area contributed by atoms with Crippen molar-refractivity contribution in [3.05, 3.63) is 98.9 Å². The van der Waals surface area contributed by atoms with Gasteiger partial charge in [0.15, 0.2) is 0 Å². The first-order chi connectivity index (χ1) is 16.2. The molecule has 4 rings (SSSR count). The van der Waals surface area contributed by atoms with Crippen molar-refractivity contribution in [2.75, 3.05) is 15.5 Å². The first-order valence-corrected chi connectivity index (χ1v) is 10.9. The van der Waals surface area contributed by atoms with Crippen LogP contribution in [0.5, 0.6) is 0 Å². The maximum Gasteiger partial charge on any atom is 0.283 e. The van der Waals surface area contributed by atoms with E-state index in [9.17, 15) is 18.8 Å². The van der Waals surface area contributed by atoms with Crippen molar-refractivity contribution in [3.63, 3.8) is 0 Å². The molecule has 172 valence electrons. The summed E-state index contributed by atoms with van der Waals surface area (Å²) in [5.41, 5.74) is 3.06. The Morgan fingerprint density at radius 3 is 2.38 bits per heavy atom. The first-order valence-electron chi connectivity index (χ1n) is 10.1. The molecule has 0 atom stereocenters. The van der Waals surface area contributed by atoms with Crippen LogP contribution in [0.4, 0.5) is 21.5 Å². The van der Waals surface area contributed by atoms with Crippen molar-refractivity contribution in [2.45, 2.75) is 13.8 Å². The van der Waals surface area contributed by atoms with Crippen LogP contribution in [0.2, 0.25) is 5.02 Å². The lowest BCUT2D eigenvalue weighted by Gasteiger charge is -2.18. The van der Waals surface area contributed by atoms with Gasteiger partial charge in [-0.15, -0.1) is 0 Å². The summed E-state index contributed by atoms with van der Waals surface area (Å²) in [5.74, 6) is -2.31. The predicted octanol–water partition coefficient (Wildman–Crippen LogP) is 5.78. The Bertz CT molecular complexity index is 1390. The van der Waals surface area contributed by atoms with Crippen molar-refractivity contribution >= 4 is 58.0 Å². The second-order valence-corrected chi connectivity index (χ2v) is 8.50. The van der Waals surface area contributed by atoms with Crippen LogP contribution in [-0.2, 0) is 9.59 Å². The monoisotopic (exact) mass is 497 g/mol. The minimum atomic E-state index is -0.636. The smallest absolute Gasteiger partial charge is 0.283 e. The summed E-state index contributed by atoms with van der Waals surface area (Å²) in [5, 5.41) is 5.12. The van der Waals surface area contributed by atoms with E-state index in [0.29, 0.717) is 17.1 Å². The molecule has 34 heavy (non-hydrogen) atoms. The van der Waals surface area contributed by atoms with E-state index in [0.717, 1.165) is 22.1 Å². The predicted molar refractivity (Wildman–Crippen MR) is 131 cm³/mol. The van der Waals surface area contributed by atoms with Gasteiger partial charge in [-0.25, -0.2) is 9.29 Å². The fourth-order valence-electron chi connectivity index (χ4n) is 3.55. The van der Waals surface area contributed by atoms with Crippen molar-refractivity contribution in [2.24, 2.45) is 0 Å². The maximum absolute atomic E-state index is 13.3. The lowest BCUT2D eigenvalue weighted by molar-refractivity contribution is -0.120. The van der Waals surface area contributed by atoms with Gasteiger partial charge in [-0.1, -0.05) is 47.0 Å². The third kappa shape index (κ3) is 4.53. The highest BCUT2D eigenvalue weighted by atomic mass is 35.5. The molecule has 0 saturated carbocycles. The average molecular weight is 498 g/mol. The van der Waals surface area contributed by atoms with E-state index in [1.54, 1.807) is 37.3 Å². The van der Waals surface area contributed by atoms with Crippen LogP contribution in [-0.4, -0.2) is 17.7 Å². The quantitative estimate of drug-likeness (QED) is 0.437. The molecule has 0 spiro atoms. The number of aryl methyl sites for hydroxylation is 2. The molecule has 1 heterocycles. The number of carbonyl (C=O) groups excluding carboxylic acids is 3. The van der Waals surface area contributed by atoms with Crippen molar-refractivity contribution in [1.29, 1.82) is 0 Å². The number of benzene rings is 3. The number of carbonyl (C=O) groups is 3. The van der Waals surface area contributed by atoms with Crippen molar-refractivity contribution in [1.82, 2.24) is 0 Å². The molecule has 0 bridgehead atoms. The fraction of sp³-hybridized carbons (Fsp3) is 0.0800.